The van der Waals surface area contributed by atoms with Gasteiger partial charge in [-0.2, -0.15) is 0 Å². The van der Waals surface area contributed by atoms with Crippen LogP contribution in [0.1, 0.15) is 46.5 Å². The number of ether oxygens (including phenoxy) is 1. The molecule has 1 aliphatic rings. The van der Waals surface area contributed by atoms with E-state index >= 15 is 0 Å². The Balaban J connectivity index is 1.91. The quantitative estimate of drug-likeness (QED) is 0.858. The lowest BCUT2D eigenvalue weighted by molar-refractivity contribution is -0.0152. The molecule has 1 saturated carbocycles. The smallest absolute Gasteiger partial charge is 0.121 e. The first-order valence-electron chi connectivity index (χ1n) is 7.08. The van der Waals surface area contributed by atoms with Crippen molar-refractivity contribution in [2.24, 2.45) is 0 Å². The van der Waals surface area contributed by atoms with E-state index in [1.54, 1.807) is 0 Å². The molecule has 1 fully saturated rings. The Morgan fingerprint density at radius 2 is 2.05 bits per heavy atom. The third kappa shape index (κ3) is 4.50. The molecule has 3 heteroatoms. The Morgan fingerprint density at radius 1 is 1.32 bits per heavy atom. The molecule has 0 saturated heterocycles. The fourth-order valence-corrected chi connectivity index (χ4v) is 2.80. The normalized spacial score (nSPS) is 17.9. The van der Waals surface area contributed by atoms with Gasteiger partial charge in [-0.25, -0.2) is 0 Å². The molecule has 0 atom stereocenters. The van der Waals surface area contributed by atoms with Crippen LogP contribution < -0.4 is 10.1 Å². The summed E-state index contributed by atoms with van der Waals surface area (Å²) in [5, 5.41) is 3.55. The number of nitrogens with one attached hydrogen (secondary N) is 1. The minimum atomic E-state index is 0.0546. The van der Waals surface area contributed by atoms with Gasteiger partial charge in [-0.05, 0) is 71.2 Å². The number of rotatable bonds is 5. The van der Waals surface area contributed by atoms with E-state index in [0.29, 0.717) is 0 Å². The second-order valence-corrected chi connectivity index (χ2v) is 7.44. The third-order valence-corrected chi connectivity index (χ3v) is 4.12. The Kier molecular flexibility index (Phi) is 4.57. The molecule has 0 unspecified atom stereocenters. The van der Waals surface area contributed by atoms with Gasteiger partial charge >= 0.3 is 0 Å². The fraction of sp³-hybridized carbons (Fsp3) is 0.625. The summed E-state index contributed by atoms with van der Waals surface area (Å²) in [6.45, 7) is 7.62. The van der Waals surface area contributed by atoms with Crippen LogP contribution in [0.5, 0.6) is 5.75 Å². The molecule has 0 aliphatic heterocycles. The summed E-state index contributed by atoms with van der Waals surface area (Å²) in [6, 6.07) is 8.15. The molecule has 0 aromatic heterocycles. The Morgan fingerprint density at radius 3 is 2.58 bits per heavy atom. The molecule has 2 nitrogen and oxygen atoms in total. The zero-order chi connectivity index (χ0) is 13.9. The van der Waals surface area contributed by atoms with Crippen molar-refractivity contribution in [2.75, 3.05) is 6.54 Å². The van der Waals surface area contributed by atoms with E-state index in [1.807, 2.05) is 18.2 Å². The average Bonchev–Trinajstić information content (AvgIpc) is 2.24. The van der Waals surface area contributed by atoms with E-state index in [9.17, 15) is 0 Å². The number of hydrogen-bond donors (Lipinski definition) is 1. The van der Waals surface area contributed by atoms with Gasteiger partial charge in [-0.15, -0.1) is 0 Å². The molecule has 1 aromatic carbocycles. The van der Waals surface area contributed by atoms with Crippen molar-refractivity contribution in [3.05, 3.63) is 28.7 Å². The molecule has 1 aliphatic carbocycles. The van der Waals surface area contributed by atoms with Crippen molar-refractivity contribution in [3.8, 4) is 5.75 Å². The second-order valence-electron chi connectivity index (χ2n) is 6.52. The topological polar surface area (TPSA) is 21.3 Å². The van der Waals surface area contributed by atoms with E-state index in [2.05, 4.69) is 48.1 Å². The van der Waals surface area contributed by atoms with Gasteiger partial charge in [0.05, 0.1) is 0 Å². The molecular formula is C16H24BrNO. The summed E-state index contributed by atoms with van der Waals surface area (Å²) < 4.78 is 7.34. The van der Waals surface area contributed by atoms with Crippen LogP contribution in [0.15, 0.2) is 28.7 Å². The molecule has 0 radical (unpaired) electrons. The van der Waals surface area contributed by atoms with E-state index < -0.39 is 0 Å². The van der Waals surface area contributed by atoms with Crippen LogP contribution in [0.4, 0.5) is 0 Å². The molecule has 1 N–H and O–H groups in total. The SMILES string of the molecule is CC(C)(C)NCCC1(Oc2cccc(Br)c2)CCC1. The summed E-state index contributed by atoms with van der Waals surface area (Å²) in [6.07, 6.45) is 4.71. The third-order valence-electron chi connectivity index (χ3n) is 3.63. The first-order chi connectivity index (χ1) is 8.89. The zero-order valence-electron chi connectivity index (χ0n) is 12.1. The lowest BCUT2D eigenvalue weighted by atomic mass is 9.77. The highest BCUT2D eigenvalue weighted by Crippen LogP contribution is 2.39. The monoisotopic (exact) mass is 325 g/mol. The van der Waals surface area contributed by atoms with Gasteiger partial charge in [0.15, 0.2) is 0 Å². The van der Waals surface area contributed by atoms with Gasteiger partial charge in [0.1, 0.15) is 11.4 Å². The maximum Gasteiger partial charge on any atom is 0.121 e. The summed E-state index contributed by atoms with van der Waals surface area (Å²) >= 11 is 3.50. The van der Waals surface area contributed by atoms with Crippen LogP contribution >= 0.6 is 15.9 Å². The summed E-state index contributed by atoms with van der Waals surface area (Å²) in [5.74, 6) is 0.977. The summed E-state index contributed by atoms with van der Waals surface area (Å²) in [5.41, 5.74) is 0.236. The molecular weight excluding hydrogens is 302 g/mol. The van der Waals surface area contributed by atoms with Crippen molar-refractivity contribution in [2.45, 2.75) is 57.6 Å². The van der Waals surface area contributed by atoms with Crippen LogP contribution in [0.25, 0.3) is 0 Å². The van der Waals surface area contributed by atoms with Crippen molar-refractivity contribution in [3.63, 3.8) is 0 Å². The second kappa shape index (κ2) is 5.84. The van der Waals surface area contributed by atoms with Crippen molar-refractivity contribution >= 4 is 15.9 Å². The van der Waals surface area contributed by atoms with Crippen LogP contribution in [0.3, 0.4) is 0 Å². The van der Waals surface area contributed by atoms with Gasteiger partial charge in [0.2, 0.25) is 0 Å². The maximum atomic E-state index is 6.26. The molecule has 19 heavy (non-hydrogen) atoms. The molecule has 0 spiro atoms. The predicted molar refractivity (Wildman–Crippen MR) is 83.7 cm³/mol. The average molecular weight is 326 g/mol. The van der Waals surface area contributed by atoms with Gasteiger partial charge in [0, 0.05) is 10.0 Å². The first kappa shape index (κ1) is 14.9. The first-order valence-corrected chi connectivity index (χ1v) is 7.88. The summed E-state index contributed by atoms with van der Waals surface area (Å²) in [7, 11) is 0. The van der Waals surface area contributed by atoms with Crippen LogP contribution in [0.2, 0.25) is 0 Å². The molecule has 0 amide bonds. The van der Waals surface area contributed by atoms with Crippen LogP contribution in [-0.4, -0.2) is 17.7 Å². The van der Waals surface area contributed by atoms with Crippen LogP contribution in [-0.2, 0) is 0 Å². The Bertz CT molecular complexity index is 421. The highest BCUT2D eigenvalue weighted by atomic mass is 79.9. The van der Waals surface area contributed by atoms with Gasteiger partial charge in [0.25, 0.3) is 0 Å². The van der Waals surface area contributed by atoms with Gasteiger partial charge < -0.3 is 10.1 Å². The van der Waals surface area contributed by atoms with E-state index in [0.717, 1.165) is 23.2 Å². The fourth-order valence-electron chi connectivity index (χ4n) is 2.42. The molecule has 106 valence electrons. The zero-order valence-corrected chi connectivity index (χ0v) is 13.7. The van der Waals surface area contributed by atoms with Crippen LogP contribution in [0, 0.1) is 0 Å². The predicted octanol–water partition coefficient (Wildman–Crippen LogP) is 4.53. The number of halogens is 1. The van der Waals surface area contributed by atoms with Crippen molar-refractivity contribution in [1.29, 1.82) is 0 Å². The molecule has 2 rings (SSSR count). The maximum absolute atomic E-state index is 6.26. The van der Waals surface area contributed by atoms with E-state index in [1.165, 1.54) is 19.3 Å². The molecule has 0 heterocycles. The molecule has 1 aromatic rings. The number of benzene rings is 1. The standard InChI is InChI=1S/C16H24BrNO/c1-15(2,3)18-11-10-16(8-5-9-16)19-14-7-4-6-13(17)12-14/h4,6-7,12,18H,5,8-11H2,1-3H3. The Hall–Kier alpha value is -0.540. The van der Waals surface area contributed by atoms with Crippen molar-refractivity contribution < 1.29 is 4.74 Å². The highest BCUT2D eigenvalue weighted by molar-refractivity contribution is 9.10. The Labute approximate surface area is 125 Å². The summed E-state index contributed by atoms with van der Waals surface area (Å²) in [4.78, 5) is 0. The van der Waals surface area contributed by atoms with Gasteiger partial charge in [-0.1, -0.05) is 22.0 Å². The van der Waals surface area contributed by atoms with E-state index in [-0.39, 0.29) is 11.1 Å². The number of hydrogen-bond acceptors (Lipinski definition) is 2. The van der Waals surface area contributed by atoms with Crippen molar-refractivity contribution in [1.82, 2.24) is 5.32 Å². The minimum absolute atomic E-state index is 0.0546. The lowest BCUT2D eigenvalue weighted by Crippen LogP contribution is -2.47. The molecule has 0 bridgehead atoms. The largest absolute Gasteiger partial charge is 0.487 e. The van der Waals surface area contributed by atoms with Gasteiger partial charge in [-0.3, -0.25) is 0 Å². The minimum Gasteiger partial charge on any atom is -0.487 e. The lowest BCUT2D eigenvalue weighted by Gasteiger charge is -2.42. The van der Waals surface area contributed by atoms with E-state index in [4.69, 9.17) is 4.74 Å². The highest BCUT2D eigenvalue weighted by Gasteiger charge is 2.39.